The number of benzene rings is 1. The molecule has 0 amide bonds. The third-order valence-electron chi connectivity index (χ3n) is 3.22. The number of nitrogens with one attached hydrogen (secondary N) is 1. The summed E-state index contributed by atoms with van der Waals surface area (Å²) in [5, 5.41) is 3.35. The second-order valence-corrected chi connectivity index (χ2v) is 4.85. The van der Waals surface area contributed by atoms with Gasteiger partial charge in [-0.2, -0.15) is 0 Å². The Morgan fingerprint density at radius 1 is 1.20 bits per heavy atom. The normalized spacial score (nSPS) is 12.6. The van der Waals surface area contributed by atoms with Crippen molar-refractivity contribution in [3.63, 3.8) is 0 Å². The molecule has 0 saturated heterocycles. The van der Waals surface area contributed by atoms with Crippen molar-refractivity contribution in [1.29, 1.82) is 0 Å². The van der Waals surface area contributed by atoms with Gasteiger partial charge in [0.15, 0.2) is 0 Å². The molecule has 108 valence electrons. The van der Waals surface area contributed by atoms with Gasteiger partial charge in [-0.25, -0.2) is 8.78 Å². The molecule has 0 aliphatic heterocycles. The third-order valence-corrected chi connectivity index (χ3v) is 3.22. The van der Waals surface area contributed by atoms with E-state index >= 15 is 0 Å². The maximum atomic E-state index is 13.2. The molecule has 2 aromatic rings. The van der Waals surface area contributed by atoms with Crippen molar-refractivity contribution in [1.82, 2.24) is 5.32 Å². The number of rotatable bonds is 7. The molecule has 1 aromatic heterocycles. The fraction of sp³-hybridized carbons (Fsp3) is 0.375. The van der Waals surface area contributed by atoms with Gasteiger partial charge in [-0.05, 0) is 49.2 Å². The lowest BCUT2D eigenvalue weighted by Crippen LogP contribution is -2.31. The molecule has 0 aliphatic carbocycles. The molecular formula is C16H19F2NO. The summed E-state index contributed by atoms with van der Waals surface area (Å²) in [5.41, 5.74) is 0.674. The van der Waals surface area contributed by atoms with Crippen molar-refractivity contribution < 1.29 is 13.2 Å². The van der Waals surface area contributed by atoms with Crippen LogP contribution in [0, 0.1) is 11.6 Å². The van der Waals surface area contributed by atoms with Crippen molar-refractivity contribution in [3.8, 4) is 0 Å². The second-order valence-electron chi connectivity index (χ2n) is 4.85. The highest BCUT2D eigenvalue weighted by molar-refractivity contribution is 5.19. The number of furan rings is 1. The minimum atomic E-state index is -0.527. The number of hydrogen-bond donors (Lipinski definition) is 1. The zero-order chi connectivity index (χ0) is 14.4. The summed E-state index contributed by atoms with van der Waals surface area (Å²) in [7, 11) is 0. The van der Waals surface area contributed by atoms with Crippen LogP contribution in [0.15, 0.2) is 41.0 Å². The van der Waals surface area contributed by atoms with Crippen molar-refractivity contribution in [2.45, 2.75) is 32.2 Å². The van der Waals surface area contributed by atoms with E-state index in [1.54, 1.807) is 6.26 Å². The first-order valence-electron chi connectivity index (χ1n) is 6.88. The van der Waals surface area contributed by atoms with Gasteiger partial charge < -0.3 is 9.73 Å². The first-order valence-corrected chi connectivity index (χ1v) is 6.88. The van der Waals surface area contributed by atoms with Gasteiger partial charge in [0.2, 0.25) is 0 Å². The Morgan fingerprint density at radius 3 is 2.55 bits per heavy atom. The van der Waals surface area contributed by atoms with E-state index in [1.165, 1.54) is 12.1 Å². The lowest BCUT2D eigenvalue weighted by atomic mass is 10.0. The highest BCUT2D eigenvalue weighted by atomic mass is 19.1. The van der Waals surface area contributed by atoms with Crippen LogP contribution >= 0.6 is 0 Å². The number of halogens is 2. The smallest absolute Gasteiger partial charge is 0.126 e. The van der Waals surface area contributed by atoms with Gasteiger partial charge in [-0.3, -0.25) is 0 Å². The fourth-order valence-corrected chi connectivity index (χ4v) is 2.35. The highest BCUT2D eigenvalue weighted by Gasteiger charge is 2.11. The lowest BCUT2D eigenvalue weighted by molar-refractivity contribution is 0.446. The Bertz CT molecular complexity index is 505. The van der Waals surface area contributed by atoms with E-state index in [2.05, 4.69) is 5.32 Å². The van der Waals surface area contributed by atoms with Crippen molar-refractivity contribution in [2.75, 3.05) is 6.54 Å². The molecule has 0 spiro atoms. The number of hydrogen-bond acceptors (Lipinski definition) is 2. The van der Waals surface area contributed by atoms with E-state index in [0.717, 1.165) is 31.2 Å². The Balaban J connectivity index is 1.97. The topological polar surface area (TPSA) is 25.2 Å². The maximum Gasteiger partial charge on any atom is 0.126 e. The number of aryl methyl sites for hydroxylation is 1. The van der Waals surface area contributed by atoms with Crippen LogP contribution in [0.3, 0.4) is 0 Å². The van der Waals surface area contributed by atoms with Gasteiger partial charge >= 0.3 is 0 Å². The highest BCUT2D eigenvalue weighted by Crippen LogP contribution is 2.13. The largest absolute Gasteiger partial charge is 0.469 e. The molecule has 2 rings (SSSR count). The van der Waals surface area contributed by atoms with E-state index in [9.17, 15) is 8.78 Å². The zero-order valence-electron chi connectivity index (χ0n) is 11.5. The van der Waals surface area contributed by atoms with Crippen molar-refractivity contribution >= 4 is 0 Å². The molecule has 20 heavy (non-hydrogen) atoms. The third kappa shape index (κ3) is 4.46. The summed E-state index contributed by atoms with van der Waals surface area (Å²) >= 11 is 0. The minimum absolute atomic E-state index is 0.172. The first-order chi connectivity index (χ1) is 9.67. The molecule has 0 aliphatic rings. The summed E-state index contributed by atoms with van der Waals surface area (Å²) in [6, 6.07) is 7.64. The van der Waals surface area contributed by atoms with Gasteiger partial charge in [0, 0.05) is 18.5 Å². The first kappa shape index (κ1) is 14.7. The molecule has 1 atom stereocenters. The van der Waals surface area contributed by atoms with Crippen molar-refractivity contribution in [2.24, 2.45) is 0 Å². The van der Waals surface area contributed by atoms with Gasteiger partial charge in [-0.1, -0.05) is 6.92 Å². The molecule has 0 saturated carbocycles. The Labute approximate surface area is 117 Å². The standard InChI is InChI=1S/C16H19F2NO/c1-2-19-15(5-6-16-4-3-7-20-16)10-12-8-13(17)11-14(18)9-12/h3-4,7-9,11,15,19H,2,5-6,10H2,1H3. The molecule has 1 unspecified atom stereocenters. The molecule has 1 heterocycles. The molecule has 4 heteroatoms. The van der Waals surface area contributed by atoms with Crippen LogP contribution in [-0.4, -0.2) is 12.6 Å². The summed E-state index contributed by atoms with van der Waals surface area (Å²) in [6.45, 7) is 2.84. The molecule has 1 aromatic carbocycles. The average molecular weight is 279 g/mol. The summed E-state index contributed by atoms with van der Waals surface area (Å²) < 4.78 is 31.7. The quantitative estimate of drug-likeness (QED) is 0.835. The summed E-state index contributed by atoms with van der Waals surface area (Å²) in [5.74, 6) is -0.124. The SMILES string of the molecule is CCNC(CCc1ccco1)Cc1cc(F)cc(F)c1. The zero-order valence-corrected chi connectivity index (χ0v) is 11.5. The van der Waals surface area contributed by atoms with Gasteiger partial charge in [0.05, 0.1) is 6.26 Å². The molecular weight excluding hydrogens is 260 g/mol. The van der Waals surface area contributed by atoms with E-state index in [0.29, 0.717) is 12.0 Å². The van der Waals surface area contributed by atoms with E-state index in [4.69, 9.17) is 4.42 Å². The van der Waals surface area contributed by atoms with Gasteiger partial charge in [-0.15, -0.1) is 0 Å². The maximum absolute atomic E-state index is 13.2. The fourth-order valence-electron chi connectivity index (χ4n) is 2.35. The van der Waals surface area contributed by atoms with Crippen LogP contribution in [0.4, 0.5) is 8.78 Å². The lowest BCUT2D eigenvalue weighted by Gasteiger charge is -2.17. The molecule has 0 radical (unpaired) electrons. The van der Waals surface area contributed by atoms with Crippen LogP contribution in [0.1, 0.15) is 24.7 Å². The van der Waals surface area contributed by atoms with E-state index in [1.807, 2.05) is 19.1 Å². The monoisotopic (exact) mass is 279 g/mol. The van der Waals surface area contributed by atoms with Crippen LogP contribution in [0.25, 0.3) is 0 Å². The second kappa shape index (κ2) is 7.20. The predicted molar refractivity (Wildman–Crippen MR) is 74.6 cm³/mol. The van der Waals surface area contributed by atoms with Crippen LogP contribution < -0.4 is 5.32 Å². The molecule has 0 bridgehead atoms. The number of likely N-dealkylation sites (N-methyl/N-ethyl adjacent to an activating group) is 1. The van der Waals surface area contributed by atoms with E-state index < -0.39 is 11.6 Å². The predicted octanol–water partition coefficient (Wildman–Crippen LogP) is 3.71. The molecule has 0 fully saturated rings. The summed E-state index contributed by atoms with van der Waals surface area (Å²) in [6.07, 6.45) is 3.92. The Hall–Kier alpha value is -1.68. The van der Waals surface area contributed by atoms with Crippen LogP contribution in [0.2, 0.25) is 0 Å². The van der Waals surface area contributed by atoms with Crippen LogP contribution in [-0.2, 0) is 12.8 Å². The Kier molecular flexibility index (Phi) is 5.30. The minimum Gasteiger partial charge on any atom is -0.469 e. The summed E-state index contributed by atoms with van der Waals surface area (Å²) in [4.78, 5) is 0. The molecule has 1 N–H and O–H groups in total. The Morgan fingerprint density at radius 2 is 1.95 bits per heavy atom. The van der Waals surface area contributed by atoms with Crippen LogP contribution in [0.5, 0.6) is 0 Å². The molecule has 2 nitrogen and oxygen atoms in total. The van der Waals surface area contributed by atoms with Gasteiger partial charge in [0.1, 0.15) is 17.4 Å². The van der Waals surface area contributed by atoms with E-state index in [-0.39, 0.29) is 6.04 Å². The average Bonchev–Trinajstić information content (AvgIpc) is 2.88. The van der Waals surface area contributed by atoms with Gasteiger partial charge in [0.25, 0.3) is 0 Å². The van der Waals surface area contributed by atoms with Crippen molar-refractivity contribution in [3.05, 3.63) is 59.6 Å².